The second kappa shape index (κ2) is 7.69. The predicted octanol–water partition coefficient (Wildman–Crippen LogP) is 2.13. The van der Waals surface area contributed by atoms with Crippen LogP contribution in [0.5, 0.6) is 0 Å². The third-order valence-electron chi connectivity index (χ3n) is 5.15. The molecule has 2 heterocycles. The zero-order chi connectivity index (χ0) is 16.9. The minimum absolute atomic E-state index is 0.0953. The highest BCUT2D eigenvalue weighted by molar-refractivity contribution is 5.87. The van der Waals surface area contributed by atoms with Gasteiger partial charge in [-0.3, -0.25) is 9.59 Å². The average molecular weight is 329 g/mol. The molecule has 0 aromatic heterocycles. The van der Waals surface area contributed by atoms with Crippen molar-refractivity contribution in [2.75, 3.05) is 37.6 Å². The number of rotatable bonds is 3. The van der Waals surface area contributed by atoms with Crippen molar-refractivity contribution in [3.8, 4) is 0 Å². The van der Waals surface area contributed by atoms with Crippen molar-refractivity contribution < 1.29 is 9.59 Å². The number of amides is 2. The first-order valence-electron chi connectivity index (χ1n) is 9.05. The van der Waals surface area contributed by atoms with Crippen molar-refractivity contribution in [3.05, 3.63) is 30.3 Å². The molecule has 0 saturated carbocycles. The van der Waals surface area contributed by atoms with Gasteiger partial charge in [-0.05, 0) is 31.9 Å². The number of likely N-dealkylation sites (tertiary alicyclic amines) is 1. The van der Waals surface area contributed by atoms with E-state index in [1.54, 1.807) is 4.90 Å². The van der Waals surface area contributed by atoms with Gasteiger partial charge < -0.3 is 14.7 Å². The van der Waals surface area contributed by atoms with E-state index in [1.807, 2.05) is 30.0 Å². The topological polar surface area (TPSA) is 43.9 Å². The van der Waals surface area contributed by atoms with Gasteiger partial charge in [-0.1, -0.05) is 24.6 Å². The Hall–Kier alpha value is -2.04. The molecule has 2 amide bonds. The van der Waals surface area contributed by atoms with E-state index in [9.17, 15) is 9.59 Å². The minimum atomic E-state index is -0.334. The van der Waals surface area contributed by atoms with E-state index in [0.29, 0.717) is 6.42 Å². The molecule has 2 fully saturated rings. The van der Waals surface area contributed by atoms with Gasteiger partial charge in [0.1, 0.15) is 6.04 Å². The summed E-state index contributed by atoms with van der Waals surface area (Å²) in [5, 5.41) is 0. The molecular weight excluding hydrogens is 302 g/mol. The van der Waals surface area contributed by atoms with Gasteiger partial charge in [-0.25, -0.2) is 0 Å². The lowest BCUT2D eigenvalue weighted by molar-refractivity contribution is -0.145. The van der Waals surface area contributed by atoms with Crippen LogP contribution in [0.3, 0.4) is 0 Å². The molecule has 0 radical (unpaired) electrons. The van der Waals surface area contributed by atoms with Crippen LogP contribution in [0, 0.1) is 0 Å². The van der Waals surface area contributed by atoms with Crippen molar-refractivity contribution in [2.24, 2.45) is 0 Å². The van der Waals surface area contributed by atoms with E-state index in [4.69, 9.17) is 0 Å². The normalized spacial score (nSPS) is 20.7. The Kier molecular flexibility index (Phi) is 5.38. The third-order valence-corrected chi connectivity index (χ3v) is 5.15. The summed E-state index contributed by atoms with van der Waals surface area (Å²) in [6.07, 6.45) is 3.62. The highest BCUT2D eigenvalue weighted by Crippen LogP contribution is 2.18. The Balaban J connectivity index is 1.57. The molecule has 0 bridgehead atoms. The predicted molar refractivity (Wildman–Crippen MR) is 94.9 cm³/mol. The second-order valence-electron chi connectivity index (χ2n) is 6.72. The Labute approximate surface area is 144 Å². The monoisotopic (exact) mass is 329 g/mol. The minimum Gasteiger partial charge on any atom is -0.368 e. The zero-order valence-electron chi connectivity index (χ0n) is 14.5. The molecule has 1 aromatic rings. The van der Waals surface area contributed by atoms with Gasteiger partial charge in [0.05, 0.1) is 0 Å². The van der Waals surface area contributed by atoms with E-state index < -0.39 is 0 Å². The fourth-order valence-corrected chi connectivity index (χ4v) is 3.63. The Bertz CT molecular complexity index is 567. The number of carbonyl (C=O) groups excluding carboxylic acids is 2. The largest absolute Gasteiger partial charge is 0.368 e. The van der Waals surface area contributed by atoms with E-state index in [2.05, 4.69) is 17.0 Å². The van der Waals surface area contributed by atoms with Gasteiger partial charge in [0.15, 0.2) is 0 Å². The van der Waals surface area contributed by atoms with E-state index >= 15 is 0 Å². The number of anilines is 1. The molecular formula is C19H27N3O2. The van der Waals surface area contributed by atoms with Crippen LogP contribution < -0.4 is 4.90 Å². The smallest absolute Gasteiger partial charge is 0.245 e. The first kappa shape index (κ1) is 16.8. The van der Waals surface area contributed by atoms with Crippen LogP contribution in [0.2, 0.25) is 0 Å². The van der Waals surface area contributed by atoms with E-state index in [0.717, 1.165) is 52.0 Å². The molecule has 130 valence electrons. The highest BCUT2D eigenvalue weighted by atomic mass is 16.2. The molecule has 1 atom stereocenters. The van der Waals surface area contributed by atoms with Crippen LogP contribution in [0.15, 0.2) is 30.3 Å². The summed E-state index contributed by atoms with van der Waals surface area (Å²) < 4.78 is 0. The summed E-state index contributed by atoms with van der Waals surface area (Å²) in [6.45, 7) is 5.73. The van der Waals surface area contributed by atoms with Gasteiger partial charge in [0, 0.05) is 44.8 Å². The molecule has 2 aliphatic heterocycles. The maximum Gasteiger partial charge on any atom is 0.245 e. The molecule has 5 nitrogen and oxygen atoms in total. The van der Waals surface area contributed by atoms with Crippen molar-refractivity contribution >= 4 is 17.5 Å². The SMILES string of the molecule is C[C@@H](C(=O)N1CCN(c2ccccc2)CC1)N1CCCCCC1=O. The summed E-state index contributed by atoms with van der Waals surface area (Å²) in [4.78, 5) is 31.1. The first-order valence-corrected chi connectivity index (χ1v) is 9.05. The van der Waals surface area contributed by atoms with Gasteiger partial charge >= 0.3 is 0 Å². The Morgan fingerprint density at radius 3 is 2.38 bits per heavy atom. The van der Waals surface area contributed by atoms with Gasteiger partial charge in [0.25, 0.3) is 0 Å². The number of carbonyl (C=O) groups is 2. The fourth-order valence-electron chi connectivity index (χ4n) is 3.63. The number of benzene rings is 1. The third kappa shape index (κ3) is 3.71. The van der Waals surface area contributed by atoms with Crippen molar-refractivity contribution in [2.45, 2.75) is 38.6 Å². The summed E-state index contributed by atoms with van der Waals surface area (Å²) in [6, 6.07) is 9.98. The lowest BCUT2D eigenvalue weighted by Gasteiger charge is -2.39. The quantitative estimate of drug-likeness (QED) is 0.853. The molecule has 2 aliphatic rings. The highest BCUT2D eigenvalue weighted by Gasteiger charge is 2.31. The first-order chi connectivity index (χ1) is 11.7. The van der Waals surface area contributed by atoms with Crippen molar-refractivity contribution in [3.63, 3.8) is 0 Å². The maximum absolute atomic E-state index is 12.8. The molecule has 2 saturated heterocycles. The summed E-state index contributed by atoms with van der Waals surface area (Å²) in [7, 11) is 0. The molecule has 0 aliphatic carbocycles. The zero-order valence-corrected chi connectivity index (χ0v) is 14.5. The van der Waals surface area contributed by atoms with Crippen LogP contribution in [0.1, 0.15) is 32.6 Å². The maximum atomic E-state index is 12.8. The molecule has 0 N–H and O–H groups in total. The van der Waals surface area contributed by atoms with Crippen LogP contribution >= 0.6 is 0 Å². The van der Waals surface area contributed by atoms with Gasteiger partial charge in [0.2, 0.25) is 11.8 Å². The second-order valence-corrected chi connectivity index (χ2v) is 6.72. The van der Waals surface area contributed by atoms with Crippen LogP contribution in [0.25, 0.3) is 0 Å². The fraction of sp³-hybridized carbons (Fsp3) is 0.579. The lowest BCUT2D eigenvalue weighted by Crippen LogP contribution is -2.55. The lowest BCUT2D eigenvalue weighted by atomic mass is 10.2. The van der Waals surface area contributed by atoms with E-state index in [1.165, 1.54) is 5.69 Å². The van der Waals surface area contributed by atoms with E-state index in [-0.39, 0.29) is 17.9 Å². The van der Waals surface area contributed by atoms with Gasteiger partial charge in [-0.2, -0.15) is 0 Å². The number of para-hydroxylation sites is 1. The van der Waals surface area contributed by atoms with Crippen LogP contribution in [-0.2, 0) is 9.59 Å². The summed E-state index contributed by atoms with van der Waals surface area (Å²) in [5.74, 6) is 0.231. The van der Waals surface area contributed by atoms with Crippen molar-refractivity contribution in [1.82, 2.24) is 9.80 Å². The number of hydrogen-bond donors (Lipinski definition) is 0. The molecule has 1 aromatic carbocycles. The van der Waals surface area contributed by atoms with Gasteiger partial charge in [-0.15, -0.1) is 0 Å². The van der Waals surface area contributed by atoms with Crippen molar-refractivity contribution in [1.29, 1.82) is 0 Å². The summed E-state index contributed by atoms with van der Waals surface area (Å²) >= 11 is 0. The molecule has 3 rings (SSSR count). The Morgan fingerprint density at radius 1 is 0.958 bits per heavy atom. The average Bonchev–Trinajstić information content (AvgIpc) is 2.86. The molecule has 24 heavy (non-hydrogen) atoms. The summed E-state index contributed by atoms with van der Waals surface area (Å²) in [5.41, 5.74) is 1.21. The number of piperazine rings is 1. The number of hydrogen-bond acceptors (Lipinski definition) is 3. The number of nitrogens with zero attached hydrogens (tertiary/aromatic N) is 3. The molecule has 0 unspecified atom stereocenters. The van der Waals surface area contributed by atoms with Crippen LogP contribution in [-0.4, -0.2) is 60.4 Å². The molecule has 0 spiro atoms. The van der Waals surface area contributed by atoms with Crippen LogP contribution in [0.4, 0.5) is 5.69 Å². The standard InChI is InChI=1S/C19H27N3O2/c1-16(22-11-7-3-6-10-18(22)23)19(24)21-14-12-20(13-15-21)17-8-4-2-5-9-17/h2,4-5,8-9,16H,3,6-7,10-15H2,1H3/t16-/m0/s1. The molecule has 5 heteroatoms. The Morgan fingerprint density at radius 2 is 1.67 bits per heavy atom.